The second-order valence-corrected chi connectivity index (χ2v) is 6.72. The van der Waals surface area contributed by atoms with E-state index < -0.39 is 12.0 Å². The molecule has 1 atom stereocenters. The lowest BCUT2D eigenvalue weighted by Gasteiger charge is -2.14. The van der Waals surface area contributed by atoms with Gasteiger partial charge in [0, 0.05) is 10.9 Å². The Labute approximate surface area is 155 Å². The highest BCUT2D eigenvalue weighted by Crippen LogP contribution is 2.31. The van der Waals surface area contributed by atoms with Gasteiger partial charge in [-0.1, -0.05) is 19.1 Å². The predicted octanol–water partition coefficient (Wildman–Crippen LogP) is 3.65. The molecule has 0 N–H and O–H groups in total. The van der Waals surface area contributed by atoms with Crippen molar-refractivity contribution >= 4 is 27.5 Å². The van der Waals surface area contributed by atoms with E-state index in [1.54, 1.807) is 14.0 Å². The highest BCUT2D eigenvalue weighted by Gasteiger charge is 2.21. The summed E-state index contributed by atoms with van der Waals surface area (Å²) in [6, 6.07) is 6.76. The third-order valence-corrected chi connectivity index (χ3v) is 5.01. The average molecular weight is 372 g/mol. The Balaban J connectivity index is 2.05. The number of carbonyl (C=O) groups excluding carboxylic acids is 1. The SMILES string of the molecule is CCCOC(=O)[C@H](C)n1cnc2scc(-c3ccc(OC)cc3)c2c1=O. The fraction of sp³-hybridized carbons (Fsp3) is 0.316. The van der Waals surface area contributed by atoms with Crippen LogP contribution in [0.25, 0.3) is 21.3 Å². The molecule has 0 spiro atoms. The fourth-order valence-corrected chi connectivity index (χ4v) is 3.55. The number of aromatic nitrogens is 2. The van der Waals surface area contributed by atoms with Crippen LogP contribution in [0, 0.1) is 0 Å². The van der Waals surface area contributed by atoms with Crippen LogP contribution in [0.1, 0.15) is 26.3 Å². The first kappa shape index (κ1) is 18.1. The number of esters is 1. The van der Waals surface area contributed by atoms with E-state index in [1.165, 1.54) is 22.2 Å². The maximum Gasteiger partial charge on any atom is 0.328 e. The number of ether oxygens (including phenoxy) is 2. The number of benzene rings is 1. The summed E-state index contributed by atoms with van der Waals surface area (Å²) in [6.07, 6.45) is 2.15. The number of nitrogens with zero attached hydrogens (tertiary/aromatic N) is 2. The molecule has 26 heavy (non-hydrogen) atoms. The van der Waals surface area contributed by atoms with E-state index in [0.29, 0.717) is 16.8 Å². The molecule has 2 aromatic heterocycles. The first-order chi connectivity index (χ1) is 12.6. The van der Waals surface area contributed by atoms with Crippen LogP contribution < -0.4 is 10.3 Å². The molecule has 0 saturated heterocycles. The summed E-state index contributed by atoms with van der Waals surface area (Å²) in [5.74, 6) is 0.312. The maximum atomic E-state index is 13.0. The van der Waals surface area contributed by atoms with Gasteiger partial charge in [-0.25, -0.2) is 9.78 Å². The maximum absolute atomic E-state index is 13.0. The molecule has 0 radical (unpaired) electrons. The van der Waals surface area contributed by atoms with Crippen molar-refractivity contribution in [2.45, 2.75) is 26.3 Å². The quantitative estimate of drug-likeness (QED) is 0.618. The van der Waals surface area contributed by atoms with Crippen molar-refractivity contribution in [3.05, 3.63) is 46.3 Å². The summed E-state index contributed by atoms with van der Waals surface area (Å²) in [5.41, 5.74) is 1.45. The van der Waals surface area contributed by atoms with E-state index in [0.717, 1.165) is 23.3 Å². The highest BCUT2D eigenvalue weighted by molar-refractivity contribution is 7.17. The molecule has 3 rings (SSSR count). The van der Waals surface area contributed by atoms with E-state index in [4.69, 9.17) is 9.47 Å². The first-order valence-electron chi connectivity index (χ1n) is 8.36. The van der Waals surface area contributed by atoms with Crippen molar-refractivity contribution in [1.29, 1.82) is 0 Å². The van der Waals surface area contributed by atoms with Crippen LogP contribution in [-0.2, 0) is 9.53 Å². The van der Waals surface area contributed by atoms with Gasteiger partial charge < -0.3 is 9.47 Å². The second kappa shape index (κ2) is 7.70. The zero-order valence-electron chi connectivity index (χ0n) is 14.9. The van der Waals surface area contributed by atoms with Crippen LogP contribution in [-0.4, -0.2) is 29.2 Å². The van der Waals surface area contributed by atoms with E-state index in [9.17, 15) is 9.59 Å². The molecule has 0 amide bonds. The van der Waals surface area contributed by atoms with Gasteiger partial charge in [0.1, 0.15) is 16.6 Å². The van der Waals surface area contributed by atoms with E-state index >= 15 is 0 Å². The van der Waals surface area contributed by atoms with Gasteiger partial charge in [-0.15, -0.1) is 11.3 Å². The molecule has 0 saturated carbocycles. The minimum Gasteiger partial charge on any atom is -0.497 e. The molecule has 0 aliphatic carbocycles. The Morgan fingerprint density at radius 2 is 2.04 bits per heavy atom. The highest BCUT2D eigenvalue weighted by atomic mass is 32.1. The Morgan fingerprint density at radius 3 is 2.69 bits per heavy atom. The molecule has 2 heterocycles. The molecular weight excluding hydrogens is 352 g/mol. The number of thiophene rings is 1. The topological polar surface area (TPSA) is 70.4 Å². The summed E-state index contributed by atoms with van der Waals surface area (Å²) < 4.78 is 11.7. The molecule has 0 unspecified atom stereocenters. The van der Waals surface area contributed by atoms with E-state index in [2.05, 4.69) is 4.98 Å². The van der Waals surface area contributed by atoms with Crippen LogP contribution in [0.2, 0.25) is 0 Å². The molecule has 0 bridgehead atoms. The molecule has 1 aromatic carbocycles. The Hall–Kier alpha value is -2.67. The smallest absolute Gasteiger partial charge is 0.328 e. The van der Waals surface area contributed by atoms with E-state index in [1.807, 2.05) is 36.6 Å². The van der Waals surface area contributed by atoms with Gasteiger partial charge in [-0.3, -0.25) is 9.36 Å². The molecule has 3 aromatic rings. The first-order valence-corrected chi connectivity index (χ1v) is 9.24. The Bertz CT molecular complexity index is 975. The van der Waals surface area contributed by atoms with Crippen LogP contribution in [0.4, 0.5) is 0 Å². The van der Waals surface area contributed by atoms with Gasteiger partial charge in [-0.05, 0) is 31.0 Å². The predicted molar refractivity (Wildman–Crippen MR) is 102 cm³/mol. The van der Waals surface area contributed by atoms with Gasteiger partial charge in [-0.2, -0.15) is 0 Å². The lowest BCUT2D eigenvalue weighted by atomic mass is 10.1. The second-order valence-electron chi connectivity index (χ2n) is 5.86. The summed E-state index contributed by atoms with van der Waals surface area (Å²) in [5, 5.41) is 2.42. The lowest BCUT2D eigenvalue weighted by molar-refractivity contribution is -0.147. The van der Waals surface area contributed by atoms with Gasteiger partial charge in [0.15, 0.2) is 0 Å². The van der Waals surface area contributed by atoms with Crippen molar-refractivity contribution in [3.8, 4) is 16.9 Å². The molecular formula is C19H20N2O4S. The zero-order chi connectivity index (χ0) is 18.7. The number of fused-ring (bicyclic) bond motifs is 1. The Morgan fingerprint density at radius 1 is 1.31 bits per heavy atom. The molecule has 0 aliphatic heterocycles. The summed E-state index contributed by atoms with van der Waals surface area (Å²) >= 11 is 1.40. The minimum atomic E-state index is -0.727. The van der Waals surface area contributed by atoms with Crippen molar-refractivity contribution in [3.63, 3.8) is 0 Å². The summed E-state index contributed by atoms with van der Waals surface area (Å²) in [4.78, 5) is 30.2. The largest absolute Gasteiger partial charge is 0.497 e. The zero-order valence-corrected chi connectivity index (χ0v) is 15.7. The van der Waals surface area contributed by atoms with Crippen molar-refractivity contribution < 1.29 is 14.3 Å². The monoisotopic (exact) mass is 372 g/mol. The standard InChI is InChI=1S/C19H20N2O4S/c1-4-9-25-19(23)12(2)21-11-20-17-16(18(21)22)15(10-26-17)13-5-7-14(24-3)8-6-13/h5-8,10-12H,4,9H2,1-3H3/t12-/m0/s1. The number of rotatable bonds is 6. The van der Waals surface area contributed by atoms with Crippen LogP contribution in [0.5, 0.6) is 5.75 Å². The van der Waals surface area contributed by atoms with Crippen molar-refractivity contribution in [2.24, 2.45) is 0 Å². The number of hydrogen-bond donors (Lipinski definition) is 0. The lowest BCUT2D eigenvalue weighted by Crippen LogP contribution is -2.29. The van der Waals surface area contributed by atoms with Gasteiger partial charge >= 0.3 is 5.97 Å². The average Bonchev–Trinajstić information content (AvgIpc) is 3.11. The molecule has 136 valence electrons. The number of methoxy groups -OCH3 is 1. The van der Waals surface area contributed by atoms with Gasteiger partial charge in [0.25, 0.3) is 5.56 Å². The molecule has 7 heteroatoms. The third kappa shape index (κ3) is 3.35. The van der Waals surface area contributed by atoms with Crippen molar-refractivity contribution in [2.75, 3.05) is 13.7 Å². The summed E-state index contributed by atoms with van der Waals surface area (Å²) in [7, 11) is 1.61. The third-order valence-electron chi connectivity index (χ3n) is 4.13. The van der Waals surface area contributed by atoms with Crippen molar-refractivity contribution in [1.82, 2.24) is 9.55 Å². The van der Waals surface area contributed by atoms with E-state index in [-0.39, 0.29) is 5.56 Å². The Kier molecular flexibility index (Phi) is 5.37. The van der Waals surface area contributed by atoms with Gasteiger partial charge in [0.2, 0.25) is 0 Å². The molecule has 0 aliphatic rings. The van der Waals surface area contributed by atoms with Crippen LogP contribution >= 0.6 is 11.3 Å². The number of carbonyl (C=O) groups is 1. The summed E-state index contributed by atoms with van der Waals surface area (Å²) in [6.45, 7) is 3.90. The fourth-order valence-electron chi connectivity index (χ4n) is 2.64. The number of hydrogen-bond acceptors (Lipinski definition) is 6. The molecule has 6 nitrogen and oxygen atoms in total. The minimum absolute atomic E-state index is 0.247. The van der Waals surface area contributed by atoms with Crippen LogP contribution in [0.3, 0.4) is 0 Å². The normalized spacial score (nSPS) is 12.1. The van der Waals surface area contributed by atoms with Gasteiger partial charge in [0.05, 0.1) is 25.4 Å². The molecule has 0 fully saturated rings. The van der Waals surface area contributed by atoms with Crippen LogP contribution in [0.15, 0.2) is 40.8 Å².